The van der Waals surface area contributed by atoms with Crippen molar-refractivity contribution in [2.75, 3.05) is 12.4 Å². The summed E-state index contributed by atoms with van der Waals surface area (Å²) in [7, 11) is 0. The fraction of sp³-hybridized carbons (Fsp3) is 0.200. The van der Waals surface area contributed by atoms with Gasteiger partial charge in [0.1, 0.15) is 6.67 Å². The van der Waals surface area contributed by atoms with Crippen LogP contribution in [-0.4, -0.2) is 6.67 Å². The topological polar surface area (TPSA) is 52.0 Å². The van der Waals surface area contributed by atoms with Crippen LogP contribution in [0.5, 0.6) is 0 Å². The van der Waals surface area contributed by atoms with Gasteiger partial charge in [0.15, 0.2) is 0 Å². The second-order valence-corrected chi connectivity index (χ2v) is 3.83. The number of hydrogen-bond donors (Lipinski definition) is 3. The highest BCUT2D eigenvalue weighted by Crippen LogP contribution is 2.35. The highest BCUT2D eigenvalue weighted by molar-refractivity contribution is 7.84. The third-order valence-electron chi connectivity index (χ3n) is 2.11. The second kappa shape index (κ2) is 4.87. The summed E-state index contributed by atoms with van der Waals surface area (Å²) in [6.07, 6.45) is -4.58. The predicted molar refractivity (Wildman–Crippen MR) is 61.9 cm³/mol. The summed E-state index contributed by atoms with van der Waals surface area (Å²) in [6, 6.07) is 3.13. The molecule has 0 radical (unpaired) electrons. The summed E-state index contributed by atoms with van der Waals surface area (Å²) in [5, 5.41) is 0. The van der Waals surface area contributed by atoms with Crippen molar-refractivity contribution < 1.29 is 17.6 Å². The second-order valence-electron chi connectivity index (χ2n) is 3.29. The molecular formula is C10H10F4N2S. The number of anilines is 1. The molecule has 1 aromatic rings. The smallest absolute Gasteiger partial charge is 0.398 e. The lowest BCUT2D eigenvalue weighted by Crippen LogP contribution is -2.10. The zero-order chi connectivity index (χ0) is 13.2. The standard InChI is InChI=1S/C10H10F4N2S/c11-4-8(17)9(16)5-1-2-7(15)6(3-5)10(12,13)14/h1-3,17H,4,15-16H2/b9-8-. The van der Waals surface area contributed by atoms with Crippen LogP contribution in [0.1, 0.15) is 11.1 Å². The van der Waals surface area contributed by atoms with Crippen molar-refractivity contribution >= 4 is 24.0 Å². The molecule has 1 aromatic carbocycles. The van der Waals surface area contributed by atoms with Crippen LogP contribution in [0.25, 0.3) is 5.70 Å². The molecule has 1 rings (SSSR count). The van der Waals surface area contributed by atoms with Crippen molar-refractivity contribution in [2.24, 2.45) is 5.73 Å². The van der Waals surface area contributed by atoms with Crippen molar-refractivity contribution in [2.45, 2.75) is 6.18 Å². The van der Waals surface area contributed by atoms with E-state index in [9.17, 15) is 17.6 Å². The van der Waals surface area contributed by atoms with E-state index in [0.717, 1.165) is 12.1 Å². The minimum Gasteiger partial charge on any atom is -0.398 e. The van der Waals surface area contributed by atoms with E-state index in [-0.39, 0.29) is 16.2 Å². The van der Waals surface area contributed by atoms with Gasteiger partial charge in [-0.2, -0.15) is 13.2 Å². The van der Waals surface area contributed by atoms with Gasteiger partial charge in [0.25, 0.3) is 0 Å². The Morgan fingerprint density at radius 1 is 1.29 bits per heavy atom. The Kier molecular flexibility index (Phi) is 3.92. The number of thiol groups is 1. The van der Waals surface area contributed by atoms with Crippen LogP contribution >= 0.6 is 12.6 Å². The van der Waals surface area contributed by atoms with E-state index in [1.807, 2.05) is 0 Å². The lowest BCUT2D eigenvalue weighted by molar-refractivity contribution is -0.136. The normalized spacial score (nSPS) is 13.5. The lowest BCUT2D eigenvalue weighted by atomic mass is 10.1. The zero-order valence-electron chi connectivity index (χ0n) is 8.55. The molecule has 0 heterocycles. The van der Waals surface area contributed by atoms with Gasteiger partial charge in [0.2, 0.25) is 0 Å². The van der Waals surface area contributed by atoms with Gasteiger partial charge >= 0.3 is 6.18 Å². The number of benzene rings is 1. The van der Waals surface area contributed by atoms with Crippen LogP contribution in [-0.2, 0) is 6.18 Å². The Balaban J connectivity index is 3.32. The van der Waals surface area contributed by atoms with Crippen molar-refractivity contribution in [3.05, 3.63) is 34.2 Å². The van der Waals surface area contributed by atoms with Crippen LogP contribution in [0, 0.1) is 0 Å². The summed E-state index contributed by atoms with van der Waals surface area (Å²) < 4.78 is 49.9. The average Bonchev–Trinajstić information content (AvgIpc) is 2.26. The number of allylic oxidation sites excluding steroid dienone is 1. The Morgan fingerprint density at radius 2 is 1.88 bits per heavy atom. The Labute approximate surface area is 101 Å². The fourth-order valence-corrected chi connectivity index (χ4v) is 1.34. The number of nitrogen functional groups attached to an aromatic ring is 1. The van der Waals surface area contributed by atoms with Gasteiger partial charge < -0.3 is 11.5 Å². The first-order chi connectivity index (χ1) is 7.77. The Hall–Kier alpha value is -1.37. The molecule has 0 saturated carbocycles. The summed E-state index contributed by atoms with van der Waals surface area (Å²) in [5.74, 6) is 0. The van der Waals surface area contributed by atoms with E-state index < -0.39 is 24.1 Å². The highest BCUT2D eigenvalue weighted by Gasteiger charge is 2.33. The van der Waals surface area contributed by atoms with E-state index in [1.54, 1.807) is 0 Å². The van der Waals surface area contributed by atoms with Crippen molar-refractivity contribution in [3.8, 4) is 0 Å². The first-order valence-electron chi connectivity index (χ1n) is 4.48. The molecule has 0 aliphatic rings. The van der Waals surface area contributed by atoms with Gasteiger partial charge in [-0.25, -0.2) is 4.39 Å². The van der Waals surface area contributed by atoms with Crippen molar-refractivity contribution in [1.29, 1.82) is 0 Å². The maximum absolute atomic E-state index is 12.5. The Morgan fingerprint density at radius 3 is 2.35 bits per heavy atom. The maximum atomic E-state index is 12.5. The fourth-order valence-electron chi connectivity index (χ4n) is 1.21. The predicted octanol–water partition coefficient (Wildman–Crippen LogP) is 2.81. The number of rotatable bonds is 2. The van der Waals surface area contributed by atoms with Gasteiger partial charge in [-0.05, 0) is 17.7 Å². The van der Waals surface area contributed by atoms with Crippen LogP contribution < -0.4 is 11.5 Å². The average molecular weight is 266 g/mol. The van der Waals surface area contributed by atoms with Crippen LogP contribution in [0.3, 0.4) is 0 Å². The molecular weight excluding hydrogens is 256 g/mol. The van der Waals surface area contributed by atoms with E-state index in [1.165, 1.54) is 6.07 Å². The van der Waals surface area contributed by atoms with Crippen LogP contribution in [0.4, 0.5) is 23.2 Å². The molecule has 0 atom stereocenters. The number of halogens is 4. The largest absolute Gasteiger partial charge is 0.418 e. The number of hydrogen-bond acceptors (Lipinski definition) is 3. The van der Waals surface area contributed by atoms with E-state index in [2.05, 4.69) is 12.6 Å². The van der Waals surface area contributed by atoms with E-state index >= 15 is 0 Å². The first kappa shape index (κ1) is 13.7. The molecule has 2 nitrogen and oxygen atoms in total. The Bertz CT molecular complexity index is 454. The van der Waals surface area contributed by atoms with Gasteiger partial charge in [-0.1, -0.05) is 6.07 Å². The zero-order valence-corrected chi connectivity index (χ0v) is 9.45. The molecule has 0 saturated heterocycles. The molecule has 0 aliphatic carbocycles. The van der Waals surface area contributed by atoms with Gasteiger partial charge in [-0.15, -0.1) is 12.6 Å². The third kappa shape index (κ3) is 3.06. The molecule has 7 heteroatoms. The lowest BCUT2D eigenvalue weighted by Gasteiger charge is -2.12. The van der Waals surface area contributed by atoms with Crippen LogP contribution in [0.2, 0.25) is 0 Å². The highest BCUT2D eigenvalue weighted by atomic mass is 32.1. The maximum Gasteiger partial charge on any atom is 0.418 e. The molecule has 0 fully saturated rings. The minimum absolute atomic E-state index is 0.0363. The molecule has 0 aromatic heterocycles. The van der Waals surface area contributed by atoms with Gasteiger partial charge in [0.05, 0.1) is 11.3 Å². The minimum atomic E-state index is -4.58. The molecule has 0 aliphatic heterocycles. The summed E-state index contributed by atoms with van der Waals surface area (Å²) in [6.45, 7) is -0.944. The molecule has 17 heavy (non-hydrogen) atoms. The molecule has 0 spiro atoms. The van der Waals surface area contributed by atoms with Gasteiger partial charge in [-0.3, -0.25) is 0 Å². The summed E-state index contributed by atoms with van der Waals surface area (Å²) >= 11 is 3.74. The number of alkyl halides is 4. The van der Waals surface area contributed by atoms with E-state index in [4.69, 9.17) is 11.5 Å². The van der Waals surface area contributed by atoms with E-state index in [0.29, 0.717) is 0 Å². The molecule has 94 valence electrons. The summed E-state index contributed by atoms with van der Waals surface area (Å²) in [5.41, 5.74) is 9.17. The molecule has 0 bridgehead atoms. The van der Waals surface area contributed by atoms with Crippen molar-refractivity contribution in [1.82, 2.24) is 0 Å². The third-order valence-corrected chi connectivity index (χ3v) is 2.47. The quantitative estimate of drug-likeness (QED) is 0.438. The van der Waals surface area contributed by atoms with Gasteiger partial charge in [0, 0.05) is 10.6 Å². The van der Waals surface area contributed by atoms with Crippen molar-refractivity contribution in [3.63, 3.8) is 0 Å². The first-order valence-corrected chi connectivity index (χ1v) is 4.92. The summed E-state index contributed by atoms with van der Waals surface area (Å²) in [4.78, 5) is -0.122. The van der Waals surface area contributed by atoms with Crippen LogP contribution in [0.15, 0.2) is 23.1 Å². The molecule has 0 unspecified atom stereocenters. The monoisotopic (exact) mass is 266 g/mol. The number of nitrogens with two attached hydrogens (primary N) is 2. The molecule has 0 amide bonds. The SMILES string of the molecule is N/C(=C(\S)CF)c1ccc(N)c(C(F)(F)F)c1. The molecule has 4 N–H and O–H groups in total.